The standard InChI is InChI=1S/C13H14ClFN2/c1-7-6-11(7)17-10-5-3-4-9(15)12(10)16-13(17)8(2)14/h3-5,7-8,11H,6H2,1-2H3. The molecule has 3 rings (SSSR count). The van der Waals surface area contributed by atoms with Crippen LogP contribution in [0.3, 0.4) is 0 Å². The molecule has 0 amide bonds. The average molecular weight is 253 g/mol. The number of alkyl halides is 1. The van der Waals surface area contributed by atoms with E-state index in [4.69, 9.17) is 11.6 Å². The lowest BCUT2D eigenvalue weighted by Crippen LogP contribution is -2.03. The molecule has 3 unspecified atom stereocenters. The molecule has 0 saturated heterocycles. The van der Waals surface area contributed by atoms with Crippen molar-refractivity contribution in [3.05, 3.63) is 29.8 Å². The third-order valence-corrected chi connectivity index (χ3v) is 3.65. The summed E-state index contributed by atoms with van der Waals surface area (Å²) in [6.45, 7) is 4.07. The number of imidazole rings is 1. The van der Waals surface area contributed by atoms with Crippen LogP contribution in [0, 0.1) is 11.7 Å². The van der Waals surface area contributed by atoms with Gasteiger partial charge in [0.05, 0.1) is 10.9 Å². The third-order valence-electron chi connectivity index (χ3n) is 3.45. The Balaban J connectivity index is 2.28. The van der Waals surface area contributed by atoms with Crippen LogP contribution in [0.25, 0.3) is 11.0 Å². The van der Waals surface area contributed by atoms with Crippen LogP contribution in [0.1, 0.15) is 37.5 Å². The number of aromatic nitrogens is 2. The van der Waals surface area contributed by atoms with E-state index >= 15 is 0 Å². The molecule has 2 nitrogen and oxygen atoms in total. The molecule has 0 aliphatic heterocycles. The molecule has 0 radical (unpaired) electrons. The second-order valence-corrected chi connectivity index (χ2v) is 5.50. The topological polar surface area (TPSA) is 17.8 Å². The quantitative estimate of drug-likeness (QED) is 0.737. The number of benzene rings is 1. The number of fused-ring (bicyclic) bond motifs is 1. The maximum Gasteiger partial charge on any atom is 0.151 e. The first-order chi connectivity index (χ1) is 8.09. The van der Waals surface area contributed by atoms with E-state index in [1.807, 2.05) is 13.0 Å². The maximum absolute atomic E-state index is 13.7. The molecule has 0 bridgehead atoms. The van der Waals surface area contributed by atoms with Gasteiger partial charge in [0.15, 0.2) is 5.82 Å². The molecule has 0 N–H and O–H groups in total. The monoisotopic (exact) mass is 252 g/mol. The van der Waals surface area contributed by atoms with Crippen LogP contribution in [0.4, 0.5) is 4.39 Å². The third kappa shape index (κ3) is 1.64. The molecule has 1 aromatic heterocycles. The summed E-state index contributed by atoms with van der Waals surface area (Å²) < 4.78 is 15.8. The number of para-hydroxylation sites is 1. The smallest absolute Gasteiger partial charge is 0.151 e. The summed E-state index contributed by atoms with van der Waals surface area (Å²) in [4.78, 5) is 4.36. The Morgan fingerprint density at radius 3 is 2.82 bits per heavy atom. The van der Waals surface area contributed by atoms with Crippen LogP contribution in [-0.2, 0) is 0 Å². The molecular weight excluding hydrogens is 239 g/mol. The molecule has 0 spiro atoms. The Morgan fingerprint density at radius 2 is 2.24 bits per heavy atom. The molecule has 90 valence electrons. The van der Waals surface area contributed by atoms with Crippen LogP contribution >= 0.6 is 11.6 Å². The fraction of sp³-hybridized carbons (Fsp3) is 0.462. The Bertz CT molecular complexity index is 576. The first-order valence-electron chi connectivity index (χ1n) is 5.90. The van der Waals surface area contributed by atoms with E-state index < -0.39 is 0 Å². The van der Waals surface area contributed by atoms with Crippen LogP contribution in [0.2, 0.25) is 0 Å². The average Bonchev–Trinajstić information content (AvgIpc) is 2.86. The summed E-state index contributed by atoms with van der Waals surface area (Å²) in [7, 11) is 0. The first kappa shape index (κ1) is 11.0. The highest BCUT2D eigenvalue weighted by Crippen LogP contribution is 2.46. The Kier molecular flexibility index (Phi) is 2.40. The van der Waals surface area contributed by atoms with E-state index in [9.17, 15) is 4.39 Å². The second kappa shape index (κ2) is 3.70. The summed E-state index contributed by atoms with van der Waals surface area (Å²) in [6, 6.07) is 5.52. The Morgan fingerprint density at radius 1 is 1.53 bits per heavy atom. The zero-order valence-corrected chi connectivity index (χ0v) is 10.6. The number of hydrogen-bond acceptors (Lipinski definition) is 1. The zero-order chi connectivity index (χ0) is 12.2. The molecule has 1 aromatic carbocycles. The molecule has 3 atom stereocenters. The first-order valence-corrected chi connectivity index (χ1v) is 6.33. The lowest BCUT2D eigenvalue weighted by Gasteiger charge is -2.09. The minimum Gasteiger partial charge on any atom is -0.323 e. The van der Waals surface area contributed by atoms with Gasteiger partial charge in [0.2, 0.25) is 0 Å². The minimum atomic E-state index is -0.270. The fourth-order valence-electron chi connectivity index (χ4n) is 2.39. The van der Waals surface area contributed by atoms with Crippen molar-refractivity contribution in [3.8, 4) is 0 Å². The predicted octanol–water partition coefficient (Wildman–Crippen LogP) is 4.06. The van der Waals surface area contributed by atoms with E-state index in [1.165, 1.54) is 6.07 Å². The van der Waals surface area contributed by atoms with E-state index in [-0.39, 0.29) is 11.2 Å². The van der Waals surface area contributed by atoms with E-state index in [2.05, 4.69) is 16.5 Å². The van der Waals surface area contributed by atoms with Crippen molar-refractivity contribution in [2.45, 2.75) is 31.7 Å². The zero-order valence-electron chi connectivity index (χ0n) is 9.82. The van der Waals surface area contributed by atoms with Gasteiger partial charge in [0, 0.05) is 6.04 Å². The van der Waals surface area contributed by atoms with Crippen molar-refractivity contribution >= 4 is 22.6 Å². The van der Waals surface area contributed by atoms with Crippen molar-refractivity contribution in [2.75, 3.05) is 0 Å². The minimum absolute atomic E-state index is 0.199. The summed E-state index contributed by atoms with van der Waals surface area (Å²) >= 11 is 6.15. The van der Waals surface area contributed by atoms with Gasteiger partial charge in [0.1, 0.15) is 11.3 Å². The predicted molar refractivity (Wildman–Crippen MR) is 66.8 cm³/mol. The lowest BCUT2D eigenvalue weighted by molar-refractivity contribution is 0.637. The van der Waals surface area contributed by atoms with E-state index in [0.29, 0.717) is 17.5 Å². The molecule has 1 aliphatic rings. The van der Waals surface area contributed by atoms with Gasteiger partial charge in [-0.25, -0.2) is 9.37 Å². The van der Waals surface area contributed by atoms with Crippen LogP contribution < -0.4 is 0 Å². The number of halogens is 2. The second-order valence-electron chi connectivity index (χ2n) is 4.84. The Hall–Kier alpha value is -1.09. The SMILES string of the molecule is CC(Cl)c1nc2c(F)cccc2n1C1CC1C. The Labute approximate surface area is 104 Å². The molecule has 1 aliphatic carbocycles. The van der Waals surface area contributed by atoms with Gasteiger partial charge in [-0.1, -0.05) is 13.0 Å². The number of nitrogens with zero attached hydrogens (tertiary/aromatic N) is 2. The lowest BCUT2D eigenvalue weighted by atomic mass is 10.3. The van der Waals surface area contributed by atoms with Crippen molar-refractivity contribution in [3.63, 3.8) is 0 Å². The summed E-state index contributed by atoms with van der Waals surface area (Å²) in [5.74, 6) is 1.14. The van der Waals surface area contributed by atoms with E-state index in [1.54, 1.807) is 6.07 Å². The largest absolute Gasteiger partial charge is 0.323 e. The molecular formula is C13H14ClFN2. The highest BCUT2D eigenvalue weighted by atomic mass is 35.5. The normalized spacial score (nSPS) is 25.2. The molecule has 1 saturated carbocycles. The molecule has 4 heteroatoms. The summed E-state index contributed by atoms with van der Waals surface area (Å²) in [6.07, 6.45) is 1.12. The van der Waals surface area contributed by atoms with E-state index in [0.717, 1.165) is 17.8 Å². The van der Waals surface area contributed by atoms with Crippen molar-refractivity contribution in [1.29, 1.82) is 0 Å². The van der Waals surface area contributed by atoms with Crippen LogP contribution in [0.5, 0.6) is 0 Å². The fourth-order valence-corrected chi connectivity index (χ4v) is 2.55. The van der Waals surface area contributed by atoms with Gasteiger partial charge in [-0.2, -0.15) is 0 Å². The highest BCUT2D eigenvalue weighted by molar-refractivity contribution is 6.20. The van der Waals surface area contributed by atoms with Crippen LogP contribution in [-0.4, -0.2) is 9.55 Å². The van der Waals surface area contributed by atoms with Gasteiger partial charge in [-0.3, -0.25) is 0 Å². The highest BCUT2D eigenvalue weighted by Gasteiger charge is 2.37. The molecule has 1 heterocycles. The number of rotatable bonds is 2. The molecule has 1 fully saturated rings. The van der Waals surface area contributed by atoms with Crippen molar-refractivity contribution < 1.29 is 4.39 Å². The van der Waals surface area contributed by atoms with Crippen molar-refractivity contribution in [2.24, 2.45) is 5.92 Å². The number of hydrogen-bond donors (Lipinski definition) is 0. The van der Waals surface area contributed by atoms with Gasteiger partial charge in [-0.05, 0) is 31.4 Å². The van der Waals surface area contributed by atoms with Gasteiger partial charge >= 0.3 is 0 Å². The molecule has 17 heavy (non-hydrogen) atoms. The summed E-state index contributed by atoms with van der Waals surface area (Å²) in [5.41, 5.74) is 1.30. The van der Waals surface area contributed by atoms with Crippen LogP contribution in [0.15, 0.2) is 18.2 Å². The molecule has 2 aromatic rings. The van der Waals surface area contributed by atoms with Gasteiger partial charge < -0.3 is 4.57 Å². The maximum atomic E-state index is 13.7. The summed E-state index contributed by atoms with van der Waals surface area (Å²) in [5, 5.41) is -0.199. The van der Waals surface area contributed by atoms with Gasteiger partial charge in [0.25, 0.3) is 0 Å². The van der Waals surface area contributed by atoms with Gasteiger partial charge in [-0.15, -0.1) is 11.6 Å². The van der Waals surface area contributed by atoms with Crippen molar-refractivity contribution in [1.82, 2.24) is 9.55 Å².